The zero-order valence-corrected chi connectivity index (χ0v) is 13.5. The summed E-state index contributed by atoms with van der Waals surface area (Å²) in [6.07, 6.45) is 9.78. The molecular formula is C16H24N2O2S. The van der Waals surface area contributed by atoms with Crippen molar-refractivity contribution in [1.29, 1.82) is 0 Å². The minimum Gasteiger partial charge on any atom is -0.477 e. The molecule has 0 bridgehead atoms. The average Bonchev–Trinajstić information content (AvgIpc) is 3.25. The molecule has 0 aromatic carbocycles. The van der Waals surface area contributed by atoms with Gasteiger partial charge in [0.2, 0.25) is 0 Å². The Hall–Kier alpha value is -0.940. The van der Waals surface area contributed by atoms with Gasteiger partial charge in [0.1, 0.15) is 4.88 Å². The molecule has 2 saturated carbocycles. The van der Waals surface area contributed by atoms with E-state index < -0.39 is 5.97 Å². The summed E-state index contributed by atoms with van der Waals surface area (Å²) in [6.45, 7) is 0.987. The third-order valence-corrected chi connectivity index (χ3v) is 5.85. The highest BCUT2D eigenvalue weighted by molar-refractivity contribution is 7.13. The fourth-order valence-corrected chi connectivity index (χ4v) is 4.23. The molecule has 116 valence electrons. The maximum atomic E-state index is 11.3. The molecule has 0 spiro atoms. The fraction of sp³-hybridized carbons (Fsp3) is 0.750. The topological polar surface area (TPSA) is 53.4 Å². The summed E-state index contributed by atoms with van der Waals surface area (Å²) in [7, 11) is 2.20. The largest absolute Gasteiger partial charge is 0.477 e. The van der Waals surface area contributed by atoms with E-state index in [9.17, 15) is 9.90 Å². The number of rotatable bonds is 6. The van der Waals surface area contributed by atoms with Gasteiger partial charge in [0.25, 0.3) is 0 Å². The number of carbonyl (C=O) groups is 1. The highest BCUT2D eigenvalue weighted by Crippen LogP contribution is 2.42. The quantitative estimate of drug-likeness (QED) is 0.873. The number of likely N-dealkylation sites (N-methyl/N-ethyl adjacent to an activating group) is 1. The molecule has 2 fully saturated rings. The minimum atomic E-state index is -0.804. The van der Waals surface area contributed by atoms with E-state index in [0.29, 0.717) is 16.8 Å². The van der Waals surface area contributed by atoms with Crippen molar-refractivity contribution in [3.63, 3.8) is 0 Å². The first-order chi connectivity index (χ1) is 10.1. The van der Waals surface area contributed by atoms with Crippen LogP contribution >= 0.6 is 11.3 Å². The van der Waals surface area contributed by atoms with Gasteiger partial charge in [0.15, 0.2) is 0 Å². The van der Waals surface area contributed by atoms with Crippen molar-refractivity contribution in [3.05, 3.63) is 15.6 Å². The van der Waals surface area contributed by atoms with Crippen LogP contribution in [0.3, 0.4) is 0 Å². The fourth-order valence-electron chi connectivity index (χ4n) is 3.25. The lowest BCUT2D eigenvalue weighted by atomic mass is 9.94. The Bertz CT molecular complexity index is 504. The van der Waals surface area contributed by atoms with E-state index in [2.05, 4.69) is 16.9 Å². The van der Waals surface area contributed by atoms with Gasteiger partial charge >= 0.3 is 5.97 Å². The van der Waals surface area contributed by atoms with Gasteiger partial charge in [0, 0.05) is 24.9 Å². The number of nitrogens with zero attached hydrogens (tertiary/aromatic N) is 2. The molecule has 4 nitrogen and oxygen atoms in total. The van der Waals surface area contributed by atoms with Crippen molar-refractivity contribution in [1.82, 2.24) is 9.88 Å². The third kappa shape index (κ3) is 3.64. The molecule has 0 unspecified atom stereocenters. The SMILES string of the molecule is CN(CCc1nc(C2CC2)c(C(=O)O)s1)C1CCCCC1. The Balaban J connectivity index is 1.59. The lowest BCUT2D eigenvalue weighted by Gasteiger charge is -2.30. The van der Waals surface area contributed by atoms with Crippen LogP contribution in [0.5, 0.6) is 0 Å². The van der Waals surface area contributed by atoms with Crippen LogP contribution in [0, 0.1) is 0 Å². The maximum absolute atomic E-state index is 11.3. The molecule has 1 heterocycles. The predicted molar refractivity (Wildman–Crippen MR) is 84.3 cm³/mol. The van der Waals surface area contributed by atoms with Gasteiger partial charge < -0.3 is 10.0 Å². The predicted octanol–water partition coefficient (Wildman–Crippen LogP) is 3.53. The second-order valence-corrected chi connectivity index (χ2v) is 7.51. The van der Waals surface area contributed by atoms with Crippen LogP contribution in [0.25, 0.3) is 0 Å². The van der Waals surface area contributed by atoms with Gasteiger partial charge in [-0.15, -0.1) is 11.3 Å². The van der Waals surface area contributed by atoms with Gasteiger partial charge in [-0.25, -0.2) is 9.78 Å². The van der Waals surface area contributed by atoms with Crippen LogP contribution in [0.4, 0.5) is 0 Å². The summed E-state index contributed by atoms with van der Waals surface area (Å²) in [4.78, 5) is 18.9. The Kier molecular flexibility index (Phi) is 4.60. The van der Waals surface area contributed by atoms with E-state index >= 15 is 0 Å². The molecule has 21 heavy (non-hydrogen) atoms. The lowest BCUT2D eigenvalue weighted by molar-refractivity contribution is 0.0700. The number of carboxylic acid groups (broad SMARTS) is 1. The highest BCUT2D eigenvalue weighted by atomic mass is 32.1. The van der Waals surface area contributed by atoms with Crippen molar-refractivity contribution in [2.24, 2.45) is 0 Å². The monoisotopic (exact) mass is 308 g/mol. The standard InChI is InChI=1S/C16H24N2O2S/c1-18(12-5-3-2-4-6-12)10-9-13-17-14(11-7-8-11)15(21-13)16(19)20/h11-12H,2-10H2,1H3,(H,19,20). The molecule has 0 amide bonds. The number of hydrogen-bond acceptors (Lipinski definition) is 4. The van der Waals surface area contributed by atoms with Gasteiger partial charge in [0.05, 0.1) is 10.7 Å². The zero-order valence-electron chi connectivity index (χ0n) is 12.7. The summed E-state index contributed by atoms with van der Waals surface area (Å²) in [5, 5.41) is 10.3. The summed E-state index contributed by atoms with van der Waals surface area (Å²) in [5.41, 5.74) is 0.850. The van der Waals surface area contributed by atoms with Crippen molar-refractivity contribution in [2.75, 3.05) is 13.6 Å². The maximum Gasteiger partial charge on any atom is 0.347 e. The van der Waals surface area contributed by atoms with E-state index in [4.69, 9.17) is 0 Å². The third-order valence-electron chi connectivity index (χ3n) is 4.73. The summed E-state index contributed by atoms with van der Waals surface area (Å²) < 4.78 is 0. The molecule has 0 atom stereocenters. The van der Waals surface area contributed by atoms with E-state index in [1.165, 1.54) is 43.4 Å². The molecule has 0 radical (unpaired) electrons. The molecule has 0 aliphatic heterocycles. The average molecular weight is 308 g/mol. The molecule has 5 heteroatoms. The van der Waals surface area contributed by atoms with E-state index in [1.807, 2.05) is 0 Å². The molecule has 1 aromatic rings. The summed E-state index contributed by atoms with van der Waals surface area (Å²) in [6, 6.07) is 0.709. The van der Waals surface area contributed by atoms with Crippen LogP contribution in [-0.2, 0) is 6.42 Å². The molecule has 3 rings (SSSR count). The summed E-state index contributed by atoms with van der Waals surface area (Å²) >= 11 is 1.39. The molecule has 1 N–H and O–H groups in total. The lowest BCUT2D eigenvalue weighted by Crippen LogP contribution is -2.34. The first-order valence-corrected chi connectivity index (χ1v) is 8.90. The first kappa shape index (κ1) is 15.0. The number of aromatic nitrogens is 1. The Morgan fingerprint density at radius 3 is 2.62 bits per heavy atom. The van der Waals surface area contributed by atoms with Crippen LogP contribution in [0.1, 0.15) is 71.2 Å². The van der Waals surface area contributed by atoms with Crippen molar-refractivity contribution >= 4 is 17.3 Å². The van der Waals surface area contributed by atoms with Crippen molar-refractivity contribution in [2.45, 2.75) is 63.3 Å². The highest BCUT2D eigenvalue weighted by Gasteiger charge is 2.32. The van der Waals surface area contributed by atoms with Gasteiger partial charge in [-0.2, -0.15) is 0 Å². The number of thiazole rings is 1. The molecule has 0 saturated heterocycles. The number of carboxylic acids is 1. The van der Waals surface area contributed by atoms with Gasteiger partial charge in [-0.3, -0.25) is 0 Å². The first-order valence-electron chi connectivity index (χ1n) is 8.08. The number of hydrogen-bond donors (Lipinski definition) is 1. The second kappa shape index (κ2) is 6.44. The normalized spacial score (nSPS) is 20.1. The molecule has 1 aromatic heterocycles. The van der Waals surface area contributed by atoms with Gasteiger partial charge in [-0.1, -0.05) is 19.3 Å². The molecular weight excluding hydrogens is 284 g/mol. The molecule has 2 aliphatic rings. The second-order valence-electron chi connectivity index (χ2n) is 6.42. The smallest absolute Gasteiger partial charge is 0.347 e. The van der Waals surface area contributed by atoms with Crippen LogP contribution in [-0.4, -0.2) is 40.6 Å². The van der Waals surface area contributed by atoms with Crippen molar-refractivity contribution in [3.8, 4) is 0 Å². The summed E-state index contributed by atoms with van der Waals surface area (Å²) in [5.74, 6) is -0.390. The van der Waals surface area contributed by atoms with Crippen LogP contribution < -0.4 is 0 Å². The Labute approximate surface area is 130 Å². The Morgan fingerprint density at radius 1 is 1.29 bits per heavy atom. The Morgan fingerprint density at radius 2 is 2.00 bits per heavy atom. The van der Waals surface area contributed by atoms with E-state index in [-0.39, 0.29) is 0 Å². The van der Waals surface area contributed by atoms with E-state index in [1.54, 1.807) is 0 Å². The van der Waals surface area contributed by atoms with Crippen LogP contribution in [0.15, 0.2) is 0 Å². The van der Waals surface area contributed by atoms with E-state index in [0.717, 1.165) is 36.5 Å². The zero-order chi connectivity index (χ0) is 14.8. The minimum absolute atomic E-state index is 0.414. The molecule has 2 aliphatic carbocycles. The van der Waals surface area contributed by atoms with Crippen molar-refractivity contribution < 1.29 is 9.90 Å². The number of aromatic carboxylic acids is 1. The van der Waals surface area contributed by atoms with Crippen LogP contribution in [0.2, 0.25) is 0 Å². The van der Waals surface area contributed by atoms with Gasteiger partial charge in [-0.05, 0) is 32.7 Å².